The molecule has 14 heteroatoms. The summed E-state index contributed by atoms with van der Waals surface area (Å²) in [6, 6.07) is 21.0. The number of benzene rings is 3. The molecule has 5 aromatic rings. The van der Waals surface area contributed by atoms with Crippen LogP contribution in [0.2, 0.25) is 0 Å². The van der Waals surface area contributed by atoms with E-state index in [0.717, 1.165) is 77.8 Å². The molecule has 3 aromatic carbocycles. The molecule has 2 spiro atoms. The van der Waals surface area contributed by atoms with E-state index in [9.17, 15) is 19.2 Å². The number of carbonyl (C=O) groups is 4. The number of H-pyrrole nitrogens is 2. The third kappa shape index (κ3) is 8.04. The van der Waals surface area contributed by atoms with Crippen molar-refractivity contribution < 1.29 is 28.7 Å². The second-order valence-corrected chi connectivity index (χ2v) is 17.6. The molecule has 4 fully saturated rings. The molecule has 2 aliphatic carbocycles. The molecule has 4 N–H and O–H groups in total. The average molecular weight is 823 g/mol. The van der Waals surface area contributed by atoms with Crippen molar-refractivity contribution in [3.8, 4) is 23.1 Å². The first-order valence-electron chi connectivity index (χ1n) is 21.0. The first kappa shape index (κ1) is 39.8. The van der Waals surface area contributed by atoms with E-state index in [2.05, 4.69) is 32.4 Å². The largest absolute Gasteiger partial charge is 0.453 e. The van der Waals surface area contributed by atoms with Crippen LogP contribution in [0.1, 0.15) is 98.8 Å². The number of fused-ring (bicyclic) bond motifs is 1. The molecule has 61 heavy (non-hydrogen) atoms. The molecule has 0 radical (unpaired) electrons. The van der Waals surface area contributed by atoms with Crippen LogP contribution in [0.3, 0.4) is 0 Å². The SMILES string of the molecule is COC(=O)N[C@H](C(=O)N1CC2(CC2)C[C@H]1c1nc(-c2ccc(C#Cc3ccc4[nH]c([C@@H]5CC6(CC6)CN5C(=O)[C@@H](NC(=O)OC)C(C)C)nc4c3)cc2)c[nH]1)c1ccccc1. The highest BCUT2D eigenvalue weighted by Gasteiger charge is 2.56. The summed E-state index contributed by atoms with van der Waals surface area (Å²) in [5, 5.41) is 5.49. The van der Waals surface area contributed by atoms with Crippen LogP contribution in [-0.2, 0) is 19.1 Å². The Bertz CT molecular complexity index is 2550. The lowest BCUT2D eigenvalue weighted by Crippen LogP contribution is -2.51. The summed E-state index contributed by atoms with van der Waals surface area (Å²) in [5.41, 5.74) is 5.84. The topological polar surface area (TPSA) is 175 Å². The number of rotatable bonds is 9. The lowest BCUT2D eigenvalue weighted by molar-refractivity contribution is -0.136. The van der Waals surface area contributed by atoms with E-state index in [0.29, 0.717) is 24.5 Å². The number of methoxy groups -OCH3 is 2. The first-order chi connectivity index (χ1) is 29.5. The Morgan fingerprint density at radius 1 is 0.754 bits per heavy atom. The van der Waals surface area contributed by atoms with Crippen molar-refractivity contribution in [3.05, 3.63) is 107 Å². The summed E-state index contributed by atoms with van der Waals surface area (Å²) >= 11 is 0. The maximum Gasteiger partial charge on any atom is 0.407 e. The van der Waals surface area contributed by atoms with Crippen LogP contribution in [0.15, 0.2) is 79.0 Å². The molecule has 0 bridgehead atoms. The number of carbonyl (C=O) groups excluding carboxylic acids is 4. The monoisotopic (exact) mass is 822 g/mol. The molecule has 2 aliphatic heterocycles. The van der Waals surface area contributed by atoms with E-state index in [1.54, 1.807) is 0 Å². The molecule has 2 saturated carbocycles. The number of aromatic amines is 2. The second kappa shape index (κ2) is 15.8. The van der Waals surface area contributed by atoms with Crippen LogP contribution in [-0.4, -0.2) is 87.1 Å². The zero-order valence-corrected chi connectivity index (χ0v) is 34.8. The standard InChI is InChI=1S/C47H50N8O6/c1-28(2)38(52-44(58)60-3)42(56)55-27-47(20-21-47)24-37(55)41-49-33-17-14-30(22-34(33)50-41)11-10-29-12-15-31(16-13-29)35-25-48-40(51-35)36-23-46(18-19-46)26-54(36)43(57)39(53-45(59)61-4)32-8-6-5-7-9-32/h5-9,12-17,22,25,28,36-39H,18-21,23-24,26-27H2,1-4H3,(H,48,51)(H,49,50)(H,52,58)(H,53,59)/t36-,37-,38-,39-/m0/s1. The van der Waals surface area contributed by atoms with Gasteiger partial charge in [-0.25, -0.2) is 19.6 Å². The zero-order chi connectivity index (χ0) is 42.5. The fourth-order valence-electron chi connectivity index (χ4n) is 9.08. The molecular formula is C47H50N8O6. The molecule has 14 nitrogen and oxygen atoms in total. The lowest BCUT2D eigenvalue weighted by atomic mass is 10.0. The summed E-state index contributed by atoms with van der Waals surface area (Å²) in [6.45, 7) is 5.08. The van der Waals surface area contributed by atoms with Gasteiger partial charge in [-0.05, 0) is 91.2 Å². The summed E-state index contributed by atoms with van der Waals surface area (Å²) in [7, 11) is 2.59. The van der Waals surface area contributed by atoms with E-state index >= 15 is 0 Å². The third-order valence-electron chi connectivity index (χ3n) is 13.0. The Labute approximate surface area is 354 Å². The van der Waals surface area contributed by atoms with E-state index in [1.807, 2.05) is 103 Å². The number of likely N-dealkylation sites (tertiary alicyclic amines) is 2. The third-order valence-corrected chi connectivity index (χ3v) is 13.0. The smallest absolute Gasteiger partial charge is 0.407 e. The fraction of sp³-hybridized carbons (Fsp3) is 0.404. The van der Waals surface area contributed by atoms with Crippen LogP contribution >= 0.6 is 0 Å². The van der Waals surface area contributed by atoms with Crippen molar-refractivity contribution in [1.29, 1.82) is 0 Å². The van der Waals surface area contributed by atoms with Gasteiger partial charge in [-0.2, -0.15) is 0 Å². The Morgan fingerprint density at radius 3 is 2.00 bits per heavy atom. The van der Waals surface area contributed by atoms with E-state index in [4.69, 9.17) is 19.4 Å². The first-order valence-corrected chi connectivity index (χ1v) is 21.0. The number of imidazole rings is 2. The molecule has 4 amide bonds. The Kier molecular flexibility index (Phi) is 10.3. The van der Waals surface area contributed by atoms with Crippen LogP contribution in [0, 0.1) is 28.6 Å². The van der Waals surface area contributed by atoms with E-state index in [-0.39, 0.29) is 40.6 Å². The number of nitrogens with zero attached hydrogens (tertiary/aromatic N) is 4. The molecule has 314 valence electrons. The van der Waals surface area contributed by atoms with Gasteiger partial charge in [0.2, 0.25) is 5.91 Å². The van der Waals surface area contributed by atoms with Gasteiger partial charge in [-0.15, -0.1) is 0 Å². The van der Waals surface area contributed by atoms with Gasteiger partial charge < -0.3 is 39.9 Å². The minimum atomic E-state index is -0.885. The quantitative estimate of drug-likeness (QED) is 0.116. The van der Waals surface area contributed by atoms with Gasteiger partial charge in [0.05, 0.1) is 43.0 Å². The molecule has 9 rings (SSSR count). The van der Waals surface area contributed by atoms with Crippen molar-refractivity contribution in [2.45, 2.75) is 76.5 Å². The second-order valence-electron chi connectivity index (χ2n) is 17.6. The number of nitrogens with one attached hydrogen (secondary N) is 4. The van der Waals surface area contributed by atoms with Crippen LogP contribution in [0.25, 0.3) is 22.3 Å². The Morgan fingerprint density at radius 2 is 1.36 bits per heavy atom. The maximum absolute atomic E-state index is 14.2. The van der Waals surface area contributed by atoms with Gasteiger partial charge >= 0.3 is 12.2 Å². The summed E-state index contributed by atoms with van der Waals surface area (Å²) in [4.78, 5) is 73.1. The fourth-order valence-corrected chi connectivity index (χ4v) is 9.08. The van der Waals surface area contributed by atoms with Crippen LogP contribution in [0.4, 0.5) is 9.59 Å². The molecule has 2 saturated heterocycles. The van der Waals surface area contributed by atoms with Crippen molar-refractivity contribution in [1.82, 2.24) is 40.4 Å². The van der Waals surface area contributed by atoms with Crippen LogP contribution in [0.5, 0.6) is 0 Å². The van der Waals surface area contributed by atoms with Gasteiger partial charge in [-0.1, -0.05) is 68.2 Å². The normalized spacial score (nSPS) is 20.3. The number of hydrogen-bond acceptors (Lipinski definition) is 8. The average Bonchev–Trinajstić information content (AvgIpc) is 3.89. The molecular weight excluding hydrogens is 773 g/mol. The molecule has 0 unspecified atom stereocenters. The number of hydrogen-bond donors (Lipinski definition) is 4. The molecule has 4 aliphatic rings. The summed E-state index contributed by atoms with van der Waals surface area (Å²) < 4.78 is 9.69. The highest BCUT2D eigenvalue weighted by molar-refractivity contribution is 5.88. The number of ether oxygens (including phenoxy) is 2. The van der Waals surface area contributed by atoms with Crippen molar-refractivity contribution >= 4 is 35.0 Å². The van der Waals surface area contributed by atoms with Gasteiger partial charge in [-0.3, -0.25) is 9.59 Å². The summed E-state index contributed by atoms with van der Waals surface area (Å²) in [5.74, 6) is 7.59. The van der Waals surface area contributed by atoms with Crippen molar-refractivity contribution in [2.24, 2.45) is 16.7 Å². The predicted molar refractivity (Wildman–Crippen MR) is 226 cm³/mol. The zero-order valence-electron chi connectivity index (χ0n) is 34.8. The highest BCUT2D eigenvalue weighted by atomic mass is 16.5. The number of aromatic nitrogens is 4. The molecule has 4 heterocycles. The highest BCUT2D eigenvalue weighted by Crippen LogP contribution is 2.59. The summed E-state index contributed by atoms with van der Waals surface area (Å²) in [6.07, 6.45) is 6.48. The van der Waals surface area contributed by atoms with E-state index in [1.165, 1.54) is 14.2 Å². The van der Waals surface area contributed by atoms with Gasteiger partial charge in [0.15, 0.2) is 0 Å². The van der Waals surface area contributed by atoms with Gasteiger partial charge in [0.25, 0.3) is 5.91 Å². The number of amides is 4. The molecule has 4 atom stereocenters. The predicted octanol–water partition coefficient (Wildman–Crippen LogP) is 6.94. The van der Waals surface area contributed by atoms with Crippen molar-refractivity contribution in [2.75, 3.05) is 27.3 Å². The van der Waals surface area contributed by atoms with Crippen LogP contribution < -0.4 is 10.6 Å². The van der Waals surface area contributed by atoms with Crippen molar-refractivity contribution in [3.63, 3.8) is 0 Å². The minimum absolute atomic E-state index is 0.0735. The van der Waals surface area contributed by atoms with E-state index < -0.39 is 24.3 Å². The lowest BCUT2D eigenvalue weighted by Gasteiger charge is -2.30. The minimum Gasteiger partial charge on any atom is -0.453 e. The molecule has 2 aromatic heterocycles. The number of alkyl carbamates (subject to hydrolysis) is 2. The van der Waals surface area contributed by atoms with Gasteiger partial charge in [0.1, 0.15) is 23.7 Å². The maximum atomic E-state index is 14.2. The Hall–Kier alpha value is -6.62. The Balaban J connectivity index is 0.893. The van der Waals surface area contributed by atoms with Gasteiger partial charge in [0, 0.05) is 36.0 Å².